The predicted octanol–water partition coefficient (Wildman–Crippen LogP) is 4.29. The van der Waals surface area contributed by atoms with Crippen LogP contribution in [0.2, 0.25) is 5.04 Å². The molecule has 2 N–H and O–H groups in total. The molecule has 0 saturated carbocycles. The van der Waals surface area contributed by atoms with Crippen LogP contribution in [0.4, 0.5) is 0 Å². The summed E-state index contributed by atoms with van der Waals surface area (Å²) in [5.74, 6) is -1.38. The summed E-state index contributed by atoms with van der Waals surface area (Å²) in [6.07, 6.45) is 0.687. The summed E-state index contributed by atoms with van der Waals surface area (Å²) in [5.41, 5.74) is 0.548. The number of rotatable bonds is 10. The van der Waals surface area contributed by atoms with Crippen molar-refractivity contribution < 1.29 is 19.1 Å². The van der Waals surface area contributed by atoms with Crippen LogP contribution in [0.25, 0.3) is 0 Å². The first-order valence-corrected chi connectivity index (χ1v) is 13.5. The van der Waals surface area contributed by atoms with Gasteiger partial charge in [0.05, 0.1) is 0 Å². The van der Waals surface area contributed by atoms with Crippen molar-refractivity contribution in [1.82, 2.24) is 5.32 Å². The average Bonchev–Trinajstić information content (AvgIpc) is 2.83. The third-order valence-corrected chi connectivity index (χ3v) is 11.0. The van der Waals surface area contributed by atoms with Crippen molar-refractivity contribution in [2.24, 2.45) is 0 Å². The van der Waals surface area contributed by atoms with Crippen molar-refractivity contribution in [1.29, 1.82) is 0 Å². The van der Waals surface area contributed by atoms with Gasteiger partial charge >= 0.3 is 5.97 Å². The number of hydrogen-bond acceptors (Lipinski definition) is 3. The van der Waals surface area contributed by atoms with Gasteiger partial charge in [0.1, 0.15) is 0 Å². The van der Waals surface area contributed by atoms with E-state index in [2.05, 4.69) is 50.4 Å². The maximum atomic E-state index is 12.6. The second kappa shape index (κ2) is 11.3. The van der Waals surface area contributed by atoms with Gasteiger partial charge in [0, 0.05) is 13.0 Å². The van der Waals surface area contributed by atoms with Crippen LogP contribution in [-0.2, 0) is 14.0 Å². The Kier molecular flexibility index (Phi) is 8.42. The molecule has 0 fully saturated rings. The van der Waals surface area contributed by atoms with Gasteiger partial charge in [0.2, 0.25) is 5.91 Å². The van der Waals surface area contributed by atoms with E-state index in [1.165, 1.54) is 10.4 Å². The molecule has 1 amide bonds. The minimum atomic E-state index is -2.65. The first-order valence-electron chi connectivity index (χ1n) is 11.6. The van der Waals surface area contributed by atoms with E-state index in [0.29, 0.717) is 18.6 Å². The Morgan fingerprint density at radius 1 is 0.853 bits per heavy atom. The number of hydrogen-bond donors (Lipinski definition) is 2. The zero-order chi connectivity index (χ0) is 24.6. The fraction of sp³-hybridized carbons (Fsp3) is 0.286. The van der Waals surface area contributed by atoms with Gasteiger partial charge in [-0.2, -0.15) is 0 Å². The minimum Gasteiger partial charge on any atom is -0.479 e. The molecule has 0 radical (unpaired) electrons. The second-order valence-corrected chi connectivity index (χ2v) is 13.7. The minimum absolute atomic E-state index is 0.139. The lowest BCUT2D eigenvalue weighted by Crippen LogP contribution is -2.66. The van der Waals surface area contributed by atoms with Gasteiger partial charge in [-0.3, -0.25) is 4.79 Å². The number of aliphatic carboxylic acids is 1. The Balaban J connectivity index is 1.73. The largest absolute Gasteiger partial charge is 0.479 e. The van der Waals surface area contributed by atoms with E-state index in [1.54, 1.807) is 24.3 Å². The maximum absolute atomic E-state index is 12.6. The quantitative estimate of drug-likeness (QED) is 0.339. The molecule has 0 bridgehead atoms. The van der Waals surface area contributed by atoms with E-state index in [1.807, 2.05) is 42.5 Å². The van der Waals surface area contributed by atoms with E-state index < -0.39 is 20.3 Å². The van der Waals surface area contributed by atoms with E-state index in [0.717, 1.165) is 0 Å². The highest BCUT2D eigenvalue weighted by Crippen LogP contribution is 2.36. The summed E-state index contributed by atoms with van der Waals surface area (Å²) >= 11 is 0. The number of carboxylic acid groups (broad SMARTS) is 1. The Hall–Kier alpha value is -3.22. The van der Waals surface area contributed by atoms with Gasteiger partial charge in [0.25, 0.3) is 8.32 Å². The highest BCUT2D eigenvalue weighted by atomic mass is 28.4. The smallest absolute Gasteiger partial charge is 0.330 e. The summed E-state index contributed by atoms with van der Waals surface area (Å²) in [6.45, 7) is 7.04. The van der Waals surface area contributed by atoms with Crippen LogP contribution in [0.1, 0.15) is 45.2 Å². The molecule has 0 aromatic heterocycles. The summed E-state index contributed by atoms with van der Waals surface area (Å²) in [7, 11) is -2.65. The Morgan fingerprint density at radius 3 is 1.76 bits per heavy atom. The number of benzene rings is 3. The van der Waals surface area contributed by atoms with E-state index in [9.17, 15) is 14.7 Å². The standard InChI is InChI=1S/C28H33NO4Si/c1-28(2,3)34(23-16-9-5-10-17-23,24-18-11-6-12-19-24)33-21-13-20-25(30)29-26(27(31)32)22-14-7-4-8-15-22/h4-12,14-19,26H,13,20-21H2,1-3H3,(H,29,30)(H,31,32). The molecule has 1 unspecified atom stereocenters. The van der Waals surface area contributed by atoms with E-state index in [4.69, 9.17) is 4.43 Å². The lowest BCUT2D eigenvalue weighted by molar-refractivity contribution is -0.142. The SMILES string of the molecule is CC(C)(C)[Si](OCCCC(=O)NC(C(=O)O)c1ccccc1)(c1ccccc1)c1ccccc1. The number of nitrogens with one attached hydrogen (secondary N) is 1. The molecule has 0 spiro atoms. The molecule has 1 atom stereocenters. The Morgan fingerprint density at radius 2 is 1.32 bits per heavy atom. The Labute approximate surface area is 202 Å². The monoisotopic (exact) mass is 475 g/mol. The molecule has 3 aromatic carbocycles. The summed E-state index contributed by atoms with van der Waals surface area (Å²) in [5, 5.41) is 14.4. The molecule has 3 aromatic rings. The van der Waals surface area contributed by atoms with Crippen LogP contribution < -0.4 is 15.7 Å². The van der Waals surface area contributed by atoms with Gasteiger partial charge < -0.3 is 14.8 Å². The number of amides is 1. The maximum Gasteiger partial charge on any atom is 0.330 e. The van der Waals surface area contributed by atoms with Gasteiger partial charge in [-0.1, -0.05) is 112 Å². The van der Waals surface area contributed by atoms with Gasteiger partial charge in [-0.05, 0) is 27.4 Å². The van der Waals surface area contributed by atoms with Crippen molar-refractivity contribution in [2.75, 3.05) is 6.61 Å². The van der Waals surface area contributed by atoms with E-state index >= 15 is 0 Å². The first kappa shape index (κ1) is 25.4. The summed E-state index contributed by atoms with van der Waals surface area (Å²) < 4.78 is 6.80. The number of carbonyl (C=O) groups excluding carboxylic acids is 1. The van der Waals surface area contributed by atoms with Gasteiger partial charge in [0.15, 0.2) is 6.04 Å². The first-order chi connectivity index (χ1) is 16.3. The third kappa shape index (κ3) is 5.82. The molecule has 0 aliphatic carbocycles. The number of carbonyl (C=O) groups is 2. The topological polar surface area (TPSA) is 75.6 Å². The predicted molar refractivity (Wildman–Crippen MR) is 138 cm³/mol. The zero-order valence-corrected chi connectivity index (χ0v) is 21.0. The fourth-order valence-electron chi connectivity index (χ4n) is 4.39. The molecule has 34 heavy (non-hydrogen) atoms. The lowest BCUT2D eigenvalue weighted by Gasteiger charge is -2.43. The molecular weight excluding hydrogens is 442 g/mol. The van der Waals surface area contributed by atoms with Crippen LogP contribution >= 0.6 is 0 Å². The number of carboxylic acids is 1. The molecule has 178 valence electrons. The van der Waals surface area contributed by atoms with Crippen LogP contribution in [0.3, 0.4) is 0 Å². The molecule has 0 heterocycles. The molecule has 0 aliphatic rings. The van der Waals surface area contributed by atoms with Crippen molar-refractivity contribution in [3.63, 3.8) is 0 Å². The summed E-state index contributed by atoms with van der Waals surface area (Å²) in [6, 6.07) is 28.4. The van der Waals surface area contributed by atoms with Crippen molar-refractivity contribution in [2.45, 2.75) is 44.7 Å². The lowest BCUT2D eigenvalue weighted by atomic mass is 10.1. The molecular formula is C28H33NO4Si. The normalized spacial score (nSPS) is 12.7. The second-order valence-electron chi connectivity index (χ2n) is 9.36. The summed E-state index contributed by atoms with van der Waals surface area (Å²) in [4.78, 5) is 24.3. The molecule has 0 aliphatic heterocycles. The van der Waals surface area contributed by atoms with Crippen molar-refractivity contribution in [3.05, 3.63) is 96.6 Å². The van der Waals surface area contributed by atoms with Crippen molar-refractivity contribution >= 4 is 30.6 Å². The van der Waals surface area contributed by atoms with Gasteiger partial charge in [-0.15, -0.1) is 0 Å². The van der Waals surface area contributed by atoms with Crippen LogP contribution in [0.5, 0.6) is 0 Å². The van der Waals surface area contributed by atoms with Crippen LogP contribution in [0, 0.1) is 0 Å². The fourth-order valence-corrected chi connectivity index (χ4v) is 8.99. The highest BCUT2D eigenvalue weighted by molar-refractivity contribution is 6.99. The third-order valence-electron chi connectivity index (χ3n) is 5.97. The highest BCUT2D eigenvalue weighted by Gasteiger charge is 2.49. The van der Waals surface area contributed by atoms with Crippen molar-refractivity contribution in [3.8, 4) is 0 Å². The van der Waals surface area contributed by atoms with E-state index in [-0.39, 0.29) is 17.4 Å². The molecule has 3 rings (SSSR count). The van der Waals surface area contributed by atoms with Crippen LogP contribution in [-0.4, -0.2) is 31.9 Å². The average molecular weight is 476 g/mol. The Bertz CT molecular complexity index is 1030. The zero-order valence-electron chi connectivity index (χ0n) is 20.0. The molecule has 5 nitrogen and oxygen atoms in total. The van der Waals surface area contributed by atoms with Gasteiger partial charge in [-0.25, -0.2) is 4.79 Å². The molecule has 6 heteroatoms. The van der Waals surface area contributed by atoms with Crippen LogP contribution in [0.15, 0.2) is 91.0 Å². The molecule has 0 saturated heterocycles.